The molecule has 0 heterocycles. The Bertz CT molecular complexity index is 1070. The number of hydrogen-bond acceptors (Lipinski definition) is 4. The van der Waals surface area contributed by atoms with Gasteiger partial charge in [0.2, 0.25) is 15.9 Å². The average molecular weight is 472 g/mol. The standard InChI is InChI=1S/C21H24F3N3O4S/c1-3-27(4-2)32(30,31)18-10-6-8-16(12-18)20(29)26-14-19(28)25-13-15-7-5-9-17(11-15)21(22,23)24/h5-12H,3-4,13-14H2,1-2H3,(H,25,28)(H,26,29). The minimum absolute atomic E-state index is 0.0390. The van der Waals surface area contributed by atoms with E-state index in [1.54, 1.807) is 13.8 Å². The first-order chi connectivity index (χ1) is 15.0. The number of sulfonamides is 1. The van der Waals surface area contributed by atoms with Gasteiger partial charge in [-0.2, -0.15) is 17.5 Å². The molecule has 0 saturated heterocycles. The molecule has 0 unspecified atom stereocenters. The van der Waals surface area contributed by atoms with Gasteiger partial charge in [0.05, 0.1) is 17.0 Å². The fourth-order valence-electron chi connectivity index (χ4n) is 2.89. The van der Waals surface area contributed by atoms with Crippen molar-refractivity contribution in [3.63, 3.8) is 0 Å². The van der Waals surface area contributed by atoms with E-state index in [2.05, 4.69) is 10.6 Å². The van der Waals surface area contributed by atoms with E-state index in [0.29, 0.717) is 0 Å². The molecule has 0 fully saturated rings. The predicted octanol–water partition coefficient (Wildman–Crippen LogP) is 2.78. The predicted molar refractivity (Wildman–Crippen MR) is 112 cm³/mol. The summed E-state index contributed by atoms with van der Waals surface area (Å²) in [7, 11) is -3.75. The van der Waals surface area contributed by atoms with Gasteiger partial charge >= 0.3 is 6.18 Å². The molecular weight excluding hydrogens is 447 g/mol. The van der Waals surface area contributed by atoms with E-state index in [4.69, 9.17) is 0 Å². The normalized spacial score (nSPS) is 11.9. The Morgan fingerprint density at radius 3 is 2.25 bits per heavy atom. The van der Waals surface area contributed by atoms with Crippen molar-refractivity contribution in [2.75, 3.05) is 19.6 Å². The molecule has 0 aliphatic heterocycles. The first-order valence-corrected chi connectivity index (χ1v) is 11.2. The van der Waals surface area contributed by atoms with Crippen molar-refractivity contribution in [2.45, 2.75) is 31.5 Å². The first kappa shape index (κ1) is 25.3. The molecule has 0 aliphatic carbocycles. The van der Waals surface area contributed by atoms with Crippen LogP contribution in [0.2, 0.25) is 0 Å². The molecule has 2 N–H and O–H groups in total. The van der Waals surface area contributed by atoms with Crippen molar-refractivity contribution in [1.82, 2.24) is 14.9 Å². The van der Waals surface area contributed by atoms with Crippen LogP contribution in [-0.2, 0) is 27.5 Å². The highest BCUT2D eigenvalue weighted by atomic mass is 32.2. The highest BCUT2D eigenvalue weighted by molar-refractivity contribution is 7.89. The quantitative estimate of drug-likeness (QED) is 0.588. The minimum Gasteiger partial charge on any atom is -0.350 e. The SMILES string of the molecule is CCN(CC)S(=O)(=O)c1cccc(C(=O)NCC(=O)NCc2cccc(C(F)(F)F)c2)c1. The van der Waals surface area contributed by atoms with Crippen molar-refractivity contribution in [2.24, 2.45) is 0 Å². The van der Waals surface area contributed by atoms with Crippen molar-refractivity contribution >= 4 is 21.8 Å². The van der Waals surface area contributed by atoms with Crippen LogP contribution in [-0.4, -0.2) is 44.2 Å². The number of carbonyl (C=O) groups excluding carboxylic acids is 2. The molecule has 2 amide bonds. The largest absolute Gasteiger partial charge is 0.416 e. The molecular formula is C21H24F3N3O4S. The van der Waals surface area contributed by atoms with E-state index >= 15 is 0 Å². The number of rotatable bonds is 9. The Morgan fingerprint density at radius 2 is 1.62 bits per heavy atom. The third-order valence-electron chi connectivity index (χ3n) is 4.59. The van der Waals surface area contributed by atoms with Gasteiger partial charge in [-0.15, -0.1) is 0 Å². The Kier molecular flexibility index (Phi) is 8.39. The number of benzene rings is 2. The maximum atomic E-state index is 12.7. The number of nitrogens with zero attached hydrogens (tertiary/aromatic N) is 1. The van der Waals surface area contributed by atoms with Crippen molar-refractivity contribution < 1.29 is 31.2 Å². The van der Waals surface area contributed by atoms with E-state index < -0.39 is 40.1 Å². The van der Waals surface area contributed by atoms with Crippen LogP contribution in [0.4, 0.5) is 13.2 Å². The second-order valence-corrected chi connectivity index (χ2v) is 8.71. The summed E-state index contributed by atoms with van der Waals surface area (Å²) in [5.74, 6) is -1.27. The zero-order valence-corrected chi connectivity index (χ0v) is 18.4. The molecule has 174 valence electrons. The molecule has 0 atom stereocenters. The fourth-order valence-corrected chi connectivity index (χ4v) is 4.40. The second-order valence-electron chi connectivity index (χ2n) is 6.77. The van der Waals surface area contributed by atoms with Crippen LogP contribution in [0.3, 0.4) is 0 Å². The van der Waals surface area contributed by atoms with Gasteiger partial charge in [0, 0.05) is 25.2 Å². The van der Waals surface area contributed by atoms with Crippen LogP contribution < -0.4 is 10.6 Å². The van der Waals surface area contributed by atoms with Crippen molar-refractivity contribution in [3.8, 4) is 0 Å². The molecule has 7 nitrogen and oxygen atoms in total. The van der Waals surface area contributed by atoms with E-state index in [-0.39, 0.29) is 35.7 Å². The molecule has 2 aromatic carbocycles. The lowest BCUT2D eigenvalue weighted by molar-refractivity contribution is -0.137. The topological polar surface area (TPSA) is 95.6 Å². The van der Waals surface area contributed by atoms with Crippen LogP contribution in [0, 0.1) is 0 Å². The monoisotopic (exact) mass is 471 g/mol. The first-order valence-electron chi connectivity index (χ1n) is 9.80. The van der Waals surface area contributed by atoms with Gasteiger partial charge in [-0.25, -0.2) is 8.42 Å². The molecule has 2 aromatic rings. The van der Waals surface area contributed by atoms with Crippen LogP contribution in [0.25, 0.3) is 0 Å². The lowest BCUT2D eigenvalue weighted by Gasteiger charge is -2.18. The van der Waals surface area contributed by atoms with E-state index in [9.17, 15) is 31.2 Å². The molecule has 0 saturated carbocycles. The zero-order chi connectivity index (χ0) is 23.9. The average Bonchev–Trinajstić information content (AvgIpc) is 2.76. The molecule has 0 bridgehead atoms. The zero-order valence-electron chi connectivity index (χ0n) is 17.6. The van der Waals surface area contributed by atoms with Gasteiger partial charge in [-0.1, -0.05) is 32.0 Å². The van der Waals surface area contributed by atoms with E-state index in [0.717, 1.165) is 12.1 Å². The molecule has 0 radical (unpaired) electrons. The van der Waals surface area contributed by atoms with Gasteiger partial charge < -0.3 is 10.6 Å². The molecule has 0 spiro atoms. The number of amides is 2. The number of carbonyl (C=O) groups is 2. The Morgan fingerprint density at radius 1 is 0.969 bits per heavy atom. The number of halogens is 3. The van der Waals surface area contributed by atoms with Gasteiger partial charge in [-0.3, -0.25) is 9.59 Å². The van der Waals surface area contributed by atoms with Crippen molar-refractivity contribution in [3.05, 3.63) is 65.2 Å². The number of nitrogens with one attached hydrogen (secondary N) is 2. The van der Waals surface area contributed by atoms with Gasteiger partial charge in [0.25, 0.3) is 5.91 Å². The highest BCUT2D eigenvalue weighted by Gasteiger charge is 2.30. The lowest BCUT2D eigenvalue weighted by atomic mass is 10.1. The smallest absolute Gasteiger partial charge is 0.350 e. The molecule has 2 rings (SSSR count). The van der Waals surface area contributed by atoms with Crippen LogP contribution in [0.1, 0.15) is 35.3 Å². The summed E-state index contributed by atoms with van der Waals surface area (Å²) in [5.41, 5.74) is -0.505. The highest BCUT2D eigenvalue weighted by Crippen LogP contribution is 2.29. The van der Waals surface area contributed by atoms with E-state index in [1.165, 1.54) is 40.7 Å². The van der Waals surface area contributed by atoms with E-state index in [1.807, 2.05) is 0 Å². The summed E-state index contributed by atoms with van der Waals surface area (Å²) in [6.07, 6.45) is -4.48. The summed E-state index contributed by atoms with van der Waals surface area (Å²) < 4.78 is 64.7. The second kappa shape index (κ2) is 10.6. The van der Waals surface area contributed by atoms with Crippen LogP contribution >= 0.6 is 0 Å². The number of alkyl halides is 3. The van der Waals surface area contributed by atoms with Gasteiger partial charge in [0.1, 0.15) is 0 Å². The van der Waals surface area contributed by atoms with Gasteiger partial charge in [-0.05, 0) is 35.9 Å². The minimum atomic E-state index is -4.48. The third-order valence-corrected chi connectivity index (χ3v) is 6.64. The summed E-state index contributed by atoms with van der Waals surface area (Å²) >= 11 is 0. The molecule has 0 aliphatic rings. The van der Waals surface area contributed by atoms with Crippen molar-refractivity contribution in [1.29, 1.82) is 0 Å². The molecule has 32 heavy (non-hydrogen) atoms. The lowest BCUT2D eigenvalue weighted by Crippen LogP contribution is -2.36. The summed E-state index contributed by atoms with van der Waals surface area (Å²) in [4.78, 5) is 24.3. The molecule has 0 aromatic heterocycles. The summed E-state index contributed by atoms with van der Waals surface area (Å²) in [6, 6.07) is 9.99. The fraction of sp³-hybridized carbons (Fsp3) is 0.333. The maximum absolute atomic E-state index is 12.7. The Balaban J connectivity index is 1.96. The Hall–Kier alpha value is -2.92. The van der Waals surface area contributed by atoms with Gasteiger partial charge in [0.15, 0.2) is 0 Å². The summed E-state index contributed by atoms with van der Waals surface area (Å²) in [6.45, 7) is 3.40. The maximum Gasteiger partial charge on any atom is 0.416 e. The third kappa shape index (κ3) is 6.54. The van der Waals surface area contributed by atoms with Crippen LogP contribution in [0.5, 0.6) is 0 Å². The summed E-state index contributed by atoms with van der Waals surface area (Å²) in [5, 5.41) is 4.79. The van der Waals surface area contributed by atoms with Crippen LogP contribution in [0.15, 0.2) is 53.4 Å². The Labute approximate surface area is 184 Å². The number of hydrogen-bond donors (Lipinski definition) is 2. The molecule has 11 heteroatoms.